The van der Waals surface area contributed by atoms with E-state index in [9.17, 15) is 9.59 Å². The van der Waals surface area contributed by atoms with Crippen molar-refractivity contribution in [1.29, 1.82) is 0 Å². The van der Waals surface area contributed by atoms with Crippen LogP contribution in [0.5, 0.6) is 0 Å². The molecule has 0 heterocycles. The Labute approximate surface area is 335 Å². The first-order valence-corrected chi connectivity index (χ1v) is 20.2. The lowest BCUT2D eigenvalue weighted by Crippen LogP contribution is -2.23. The molecule has 0 aromatic heterocycles. The summed E-state index contributed by atoms with van der Waals surface area (Å²) in [4.78, 5) is 22.0. The molecule has 5 aliphatic rings. The van der Waals surface area contributed by atoms with Crippen LogP contribution in [0.3, 0.4) is 0 Å². The minimum Gasteiger partial charge on any atom is -0.286 e. The van der Waals surface area contributed by atoms with Gasteiger partial charge in [0, 0.05) is 0 Å². The number of Topliss-reactive ketones (excluding diaryl/α,β-unsaturated/α-hetero) is 2. The molecule has 0 spiro atoms. The molecule has 0 radical (unpaired) electrons. The molecule has 6 aromatic rings. The van der Waals surface area contributed by atoms with Crippen LogP contribution in [-0.2, 0) is 28.9 Å². The highest BCUT2D eigenvalue weighted by atomic mass is 35.5. The van der Waals surface area contributed by atoms with Crippen LogP contribution < -0.4 is 0 Å². The lowest BCUT2D eigenvalue weighted by Gasteiger charge is -2.36. The van der Waals surface area contributed by atoms with Crippen molar-refractivity contribution in [3.63, 3.8) is 0 Å². The van der Waals surface area contributed by atoms with Gasteiger partial charge in [0.15, 0.2) is 0 Å². The van der Waals surface area contributed by atoms with Gasteiger partial charge in [-0.2, -0.15) is 0 Å². The van der Waals surface area contributed by atoms with E-state index in [0.717, 1.165) is 30.1 Å². The third-order valence-electron chi connectivity index (χ3n) is 12.2. The van der Waals surface area contributed by atoms with Crippen LogP contribution in [-0.4, -0.2) is 11.6 Å². The third kappa shape index (κ3) is 6.03. The van der Waals surface area contributed by atoms with Crippen LogP contribution in [0.15, 0.2) is 141 Å². The number of hydrogen-bond acceptors (Lipinski definition) is 2. The van der Waals surface area contributed by atoms with E-state index in [0.29, 0.717) is 0 Å². The molecule has 54 heavy (non-hydrogen) atoms. The summed E-state index contributed by atoms with van der Waals surface area (Å²) >= 11 is 21.5. The zero-order valence-electron chi connectivity index (χ0n) is 29.4. The maximum Gasteiger partial charge on any atom is 0.219 e. The summed E-state index contributed by atoms with van der Waals surface area (Å²) in [6.45, 7) is 0. The Morgan fingerprint density at radius 1 is 0.426 bits per heavy atom. The molecule has 0 amide bonds. The molecule has 4 unspecified atom stereocenters. The van der Waals surface area contributed by atoms with E-state index in [1.54, 1.807) is 22.3 Å². The number of fused-ring (bicyclic) bond motifs is 14. The molecule has 6 aromatic carbocycles. The highest BCUT2D eigenvalue weighted by Crippen LogP contribution is 2.60. The summed E-state index contributed by atoms with van der Waals surface area (Å²) in [5.74, 6) is 1.99. The Bertz CT molecular complexity index is 2380. The van der Waals surface area contributed by atoms with Crippen LogP contribution in [0.25, 0.3) is 32.7 Å². The summed E-state index contributed by atoms with van der Waals surface area (Å²) < 4.78 is 0. The average Bonchev–Trinajstić information content (AvgIpc) is 3.82. The fourth-order valence-corrected chi connectivity index (χ4v) is 10.7. The van der Waals surface area contributed by atoms with Crippen molar-refractivity contribution in [2.45, 2.75) is 50.4 Å². The monoisotopic (exact) mass is 784 g/mol. The van der Waals surface area contributed by atoms with Crippen LogP contribution in [0, 0.1) is 11.8 Å². The van der Waals surface area contributed by atoms with Crippen LogP contribution in [0.1, 0.15) is 64.5 Å². The number of ketones is 2. The highest BCUT2D eigenvalue weighted by Gasteiger charge is 2.48. The Kier molecular flexibility index (Phi) is 9.52. The molecule has 1 fully saturated rings. The van der Waals surface area contributed by atoms with Crippen LogP contribution in [0.2, 0.25) is 0 Å². The van der Waals surface area contributed by atoms with E-state index in [1.165, 1.54) is 75.9 Å². The van der Waals surface area contributed by atoms with Crippen molar-refractivity contribution in [3.8, 4) is 11.1 Å². The van der Waals surface area contributed by atoms with Gasteiger partial charge in [0.2, 0.25) is 11.6 Å². The number of carbonyl (C=O) groups excluding carboxylic acids is 2. The van der Waals surface area contributed by atoms with Crippen molar-refractivity contribution in [2.24, 2.45) is 11.8 Å². The molecule has 0 N–H and O–H groups in total. The summed E-state index contributed by atoms with van der Waals surface area (Å²) in [7, 11) is 0. The topological polar surface area (TPSA) is 34.1 Å². The molecule has 268 valence electrons. The van der Waals surface area contributed by atoms with Crippen molar-refractivity contribution in [1.82, 2.24) is 0 Å². The van der Waals surface area contributed by atoms with Gasteiger partial charge in [0.25, 0.3) is 0 Å². The number of aryl methyl sites for hydroxylation is 2. The van der Waals surface area contributed by atoms with E-state index in [2.05, 4.69) is 121 Å². The van der Waals surface area contributed by atoms with Gasteiger partial charge in [-0.15, -0.1) is 0 Å². The van der Waals surface area contributed by atoms with Gasteiger partial charge < -0.3 is 0 Å². The molecule has 0 saturated heterocycles. The molecule has 1 saturated carbocycles. The van der Waals surface area contributed by atoms with Crippen molar-refractivity contribution < 1.29 is 9.59 Å². The quantitative estimate of drug-likeness (QED) is 0.144. The first-order valence-electron chi connectivity index (χ1n) is 18.7. The second-order valence-electron chi connectivity index (χ2n) is 15.0. The van der Waals surface area contributed by atoms with E-state index in [4.69, 9.17) is 46.4 Å². The van der Waals surface area contributed by atoms with E-state index in [-0.39, 0.29) is 0 Å². The Hall–Kier alpha value is -4.18. The van der Waals surface area contributed by atoms with Crippen LogP contribution >= 0.6 is 46.4 Å². The molecule has 5 aliphatic carbocycles. The number of hydrogen-bond donors (Lipinski definition) is 0. The minimum absolute atomic E-state index is 0.393. The van der Waals surface area contributed by atoms with Gasteiger partial charge in [0.05, 0.1) is 0 Å². The number of rotatable bonds is 0. The number of benzene rings is 6. The first-order chi connectivity index (χ1) is 26.3. The number of carbonyl (C=O) groups is 2. The fraction of sp³-hybridized carbons (Fsp3) is 0.208. The predicted molar refractivity (Wildman–Crippen MR) is 224 cm³/mol. The molecule has 11 rings (SSSR count). The summed E-state index contributed by atoms with van der Waals surface area (Å²) in [5.41, 5.74) is 12.4. The zero-order valence-corrected chi connectivity index (χ0v) is 32.5. The predicted octanol–water partition coefficient (Wildman–Crippen LogP) is 13.2. The maximum absolute atomic E-state index is 11.0. The van der Waals surface area contributed by atoms with Gasteiger partial charge in [-0.3, -0.25) is 9.59 Å². The minimum atomic E-state index is -0.729. The normalized spacial score (nSPS) is 21.9. The fourth-order valence-electron chi connectivity index (χ4n) is 9.93. The summed E-state index contributed by atoms with van der Waals surface area (Å²) in [6.07, 6.45) is 7.96. The van der Waals surface area contributed by atoms with Gasteiger partial charge in [0.1, 0.15) is 20.1 Å². The Balaban J connectivity index is 0.000000112. The first kappa shape index (κ1) is 35.5. The van der Waals surface area contributed by atoms with Crippen molar-refractivity contribution in [3.05, 3.63) is 175 Å². The maximum atomic E-state index is 11.0. The second kappa shape index (κ2) is 14.5. The highest BCUT2D eigenvalue weighted by molar-refractivity contribution is 6.69. The lowest BCUT2D eigenvalue weighted by molar-refractivity contribution is -0.114. The summed E-state index contributed by atoms with van der Waals surface area (Å²) in [6, 6.07) is 45.1. The Morgan fingerprint density at radius 3 is 1.26 bits per heavy atom. The molecule has 2 nitrogen and oxygen atoms in total. The second-order valence-corrected chi connectivity index (χ2v) is 16.5. The smallest absolute Gasteiger partial charge is 0.219 e. The van der Waals surface area contributed by atoms with Crippen molar-refractivity contribution >= 4 is 79.5 Å². The summed E-state index contributed by atoms with van der Waals surface area (Å²) in [5, 5.41) is 3.85. The largest absolute Gasteiger partial charge is 0.286 e. The molecular weight excluding hydrogens is 750 g/mol. The van der Waals surface area contributed by atoms with E-state index < -0.39 is 31.7 Å². The molecular formula is C48H36Cl4O2. The molecule has 0 aliphatic heterocycles. The van der Waals surface area contributed by atoms with Gasteiger partial charge in [-0.05, 0) is 128 Å². The Morgan fingerprint density at radius 2 is 0.815 bits per heavy atom. The molecule has 0 bridgehead atoms. The van der Waals surface area contributed by atoms with Gasteiger partial charge in [-0.1, -0.05) is 168 Å². The molecule has 6 heteroatoms. The lowest BCUT2D eigenvalue weighted by atomic mass is 9.68. The number of allylic oxidation sites excluding steroid dienone is 4. The zero-order chi connectivity index (χ0) is 37.1. The average molecular weight is 787 g/mol. The van der Waals surface area contributed by atoms with Crippen molar-refractivity contribution in [2.75, 3.05) is 0 Å². The van der Waals surface area contributed by atoms with Crippen LogP contribution in [0.4, 0.5) is 0 Å². The van der Waals surface area contributed by atoms with E-state index >= 15 is 0 Å². The standard InChI is InChI=1S/C21H22.C21H14.C6Cl4O2/c2*1-3-7-18-14(5-1)9-11-16-13-17-12-10-15-6-2-4-8-19(15)21(17)20(16)18;7-1-2(8)6(12)4(10)3(9)5(1)11/h1-8,16-17,20-21H,9-13H2;1-12H,13H2;. The SMILES string of the molecule is O=C1C(Cl)=C(Cl)C(=O)C(Cl)=C1Cl.c1ccc2c(c1)CCC1CC3CCc4ccccc4C3C21.c1ccc2c3c(ccc2c1)Cc1ccc2ccccc2c1-3. The van der Waals surface area contributed by atoms with Gasteiger partial charge >= 0.3 is 0 Å². The number of halogens is 4. The van der Waals surface area contributed by atoms with E-state index in [1.807, 2.05) is 0 Å². The molecule has 4 atom stereocenters. The van der Waals surface area contributed by atoms with Gasteiger partial charge in [-0.25, -0.2) is 0 Å². The third-order valence-corrected chi connectivity index (χ3v) is 13.9.